The summed E-state index contributed by atoms with van der Waals surface area (Å²) in [5.74, 6) is 0. The van der Waals surface area contributed by atoms with Gasteiger partial charge in [-0.05, 0) is 37.5 Å². The molecule has 1 atom stereocenters. The van der Waals surface area contributed by atoms with Gasteiger partial charge in [0, 0.05) is 16.8 Å². The van der Waals surface area contributed by atoms with Gasteiger partial charge in [0.25, 0.3) is 0 Å². The van der Waals surface area contributed by atoms with Gasteiger partial charge < -0.3 is 4.74 Å². The highest BCUT2D eigenvalue weighted by molar-refractivity contribution is 6.31. The van der Waals surface area contributed by atoms with Crippen molar-refractivity contribution < 1.29 is 4.74 Å². The zero-order valence-electron chi connectivity index (χ0n) is 10.7. The van der Waals surface area contributed by atoms with Gasteiger partial charge >= 0.3 is 0 Å². The molecule has 0 bridgehead atoms. The van der Waals surface area contributed by atoms with Crippen molar-refractivity contribution in [1.29, 1.82) is 0 Å². The molecule has 19 heavy (non-hydrogen) atoms. The Balaban J connectivity index is 1.85. The van der Waals surface area contributed by atoms with Gasteiger partial charge in [-0.1, -0.05) is 23.7 Å². The maximum absolute atomic E-state index is 6.35. The summed E-state index contributed by atoms with van der Waals surface area (Å²) in [7, 11) is 0. The molecule has 3 rings (SSSR count). The molecule has 3 nitrogen and oxygen atoms in total. The Morgan fingerprint density at radius 3 is 2.79 bits per heavy atom. The summed E-state index contributed by atoms with van der Waals surface area (Å²) in [6, 6.07) is 7.85. The largest absolute Gasteiger partial charge is 0.371 e. The number of ether oxygens (including phenoxy) is 1. The minimum absolute atomic E-state index is 0.0412. The van der Waals surface area contributed by atoms with E-state index >= 15 is 0 Å². The Bertz CT molecular complexity index is 570. The highest BCUT2D eigenvalue weighted by Crippen LogP contribution is 2.34. The van der Waals surface area contributed by atoms with E-state index in [0.29, 0.717) is 6.10 Å². The van der Waals surface area contributed by atoms with E-state index in [1.165, 1.54) is 19.2 Å². The molecule has 4 heteroatoms. The van der Waals surface area contributed by atoms with Gasteiger partial charge in [-0.2, -0.15) is 0 Å². The van der Waals surface area contributed by atoms with E-state index in [-0.39, 0.29) is 6.10 Å². The number of hydrogen-bond donors (Lipinski definition) is 0. The van der Waals surface area contributed by atoms with Gasteiger partial charge in [-0.3, -0.25) is 0 Å². The summed E-state index contributed by atoms with van der Waals surface area (Å²) < 4.78 is 5.86. The monoisotopic (exact) mass is 274 g/mol. The molecule has 0 radical (unpaired) electrons. The molecule has 1 saturated carbocycles. The standard InChI is InChI=1S/C15H15ClN2O/c1-10(19-12-3-4-12)13-5-2-11(8-14(13)16)15-6-7-17-9-18-15/h2,5-10,12H,3-4H2,1H3. The van der Waals surface area contributed by atoms with Crippen LogP contribution in [0.5, 0.6) is 0 Å². The Labute approximate surface area is 117 Å². The number of aromatic nitrogens is 2. The Hall–Kier alpha value is -1.45. The number of benzene rings is 1. The van der Waals surface area contributed by atoms with Crippen LogP contribution in [-0.4, -0.2) is 16.1 Å². The first kappa shape index (κ1) is 12.6. The third-order valence-corrected chi connectivity index (χ3v) is 3.56. The highest BCUT2D eigenvalue weighted by Gasteiger charge is 2.25. The summed E-state index contributed by atoms with van der Waals surface area (Å²) in [4.78, 5) is 8.14. The molecule has 1 aromatic heterocycles. The van der Waals surface area contributed by atoms with Crippen molar-refractivity contribution in [3.05, 3.63) is 47.4 Å². The van der Waals surface area contributed by atoms with E-state index in [2.05, 4.69) is 9.97 Å². The van der Waals surface area contributed by atoms with Crippen LogP contribution in [0.25, 0.3) is 11.3 Å². The van der Waals surface area contributed by atoms with Gasteiger partial charge in [-0.15, -0.1) is 0 Å². The van der Waals surface area contributed by atoms with Crippen molar-refractivity contribution in [1.82, 2.24) is 9.97 Å². The Morgan fingerprint density at radius 1 is 1.32 bits per heavy atom. The molecule has 98 valence electrons. The maximum atomic E-state index is 6.35. The number of rotatable bonds is 4. The quantitative estimate of drug-likeness (QED) is 0.844. The van der Waals surface area contributed by atoms with Crippen LogP contribution in [0.1, 0.15) is 31.4 Å². The molecule has 0 N–H and O–H groups in total. The summed E-state index contributed by atoms with van der Waals surface area (Å²) in [6.07, 6.45) is 6.06. The molecule has 0 aliphatic heterocycles. The van der Waals surface area contributed by atoms with E-state index in [1.807, 2.05) is 31.2 Å². The van der Waals surface area contributed by atoms with E-state index in [0.717, 1.165) is 21.8 Å². The molecule has 1 aliphatic rings. The van der Waals surface area contributed by atoms with E-state index in [1.54, 1.807) is 6.20 Å². The van der Waals surface area contributed by atoms with Crippen LogP contribution >= 0.6 is 11.6 Å². The second-order valence-electron chi connectivity index (χ2n) is 4.81. The van der Waals surface area contributed by atoms with E-state index < -0.39 is 0 Å². The van der Waals surface area contributed by atoms with Crippen LogP contribution in [0.3, 0.4) is 0 Å². The smallest absolute Gasteiger partial charge is 0.116 e. The van der Waals surface area contributed by atoms with Crippen LogP contribution in [0.15, 0.2) is 36.8 Å². The first-order valence-electron chi connectivity index (χ1n) is 6.45. The minimum Gasteiger partial charge on any atom is -0.371 e. The maximum Gasteiger partial charge on any atom is 0.116 e. The second-order valence-corrected chi connectivity index (χ2v) is 5.22. The van der Waals surface area contributed by atoms with E-state index in [4.69, 9.17) is 16.3 Å². The van der Waals surface area contributed by atoms with E-state index in [9.17, 15) is 0 Å². The minimum atomic E-state index is 0.0412. The van der Waals surface area contributed by atoms with Gasteiger partial charge in [0.2, 0.25) is 0 Å². The van der Waals surface area contributed by atoms with Crippen molar-refractivity contribution in [2.75, 3.05) is 0 Å². The van der Waals surface area contributed by atoms with Crippen molar-refractivity contribution in [3.8, 4) is 11.3 Å². The predicted molar refractivity (Wildman–Crippen MR) is 75.0 cm³/mol. The number of halogens is 1. The summed E-state index contributed by atoms with van der Waals surface area (Å²) >= 11 is 6.35. The average molecular weight is 275 g/mol. The second kappa shape index (κ2) is 5.27. The lowest BCUT2D eigenvalue weighted by Crippen LogP contribution is -2.02. The zero-order chi connectivity index (χ0) is 13.2. The van der Waals surface area contributed by atoms with Gasteiger partial charge in [0.15, 0.2) is 0 Å². The third kappa shape index (κ3) is 2.94. The van der Waals surface area contributed by atoms with Crippen molar-refractivity contribution in [2.45, 2.75) is 32.0 Å². The van der Waals surface area contributed by atoms with Crippen molar-refractivity contribution >= 4 is 11.6 Å². The fraction of sp³-hybridized carbons (Fsp3) is 0.333. The van der Waals surface area contributed by atoms with Crippen molar-refractivity contribution in [2.24, 2.45) is 0 Å². The molecule has 1 heterocycles. The zero-order valence-corrected chi connectivity index (χ0v) is 11.5. The molecule has 1 fully saturated rings. The lowest BCUT2D eigenvalue weighted by molar-refractivity contribution is 0.0520. The fourth-order valence-corrected chi connectivity index (χ4v) is 2.38. The molecule has 0 amide bonds. The molecule has 1 aromatic carbocycles. The summed E-state index contributed by atoms with van der Waals surface area (Å²) in [5.41, 5.74) is 2.90. The first-order valence-corrected chi connectivity index (χ1v) is 6.83. The molecule has 0 saturated heterocycles. The molecule has 0 spiro atoms. The lowest BCUT2D eigenvalue weighted by Gasteiger charge is -2.15. The molecule has 2 aromatic rings. The van der Waals surface area contributed by atoms with Crippen LogP contribution < -0.4 is 0 Å². The van der Waals surface area contributed by atoms with Crippen molar-refractivity contribution in [3.63, 3.8) is 0 Å². The fourth-order valence-electron chi connectivity index (χ4n) is 2.04. The number of nitrogens with zero attached hydrogens (tertiary/aromatic N) is 2. The Kier molecular flexibility index (Phi) is 3.49. The lowest BCUT2D eigenvalue weighted by atomic mass is 10.1. The van der Waals surface area contributed by atoms with Gasteiger partial charge in [0.1, 0.15) is 6.33 Å². The van der Waals surface area contributed by atoms with Crippen LogP contribution in [0, 0.1) is 0 Å². The van der Waals surface area contributed by atoms with Gasteiger partial charge in [-0.25, -0.2) is 9.97 Å². The molecule has 1 unspecified atom stereocenters. The molecular weight excluding hydrogens is 260 g/mol. The summed E-state index contributed by atoms with van der Waals surface area (Å²) in [6.45, 7) is 2.05. The normalized spacial score (nSPS) is 16.3. The first-order chi connectivity index (χ1) is 9.24. The van der Waals surface area contributed by atoms with Gasteiger partial charge in [0.05, 0.1) is 17.9 Å². The highest BCUT2D eigenvalue weighted by atomic mass is 35.5. The van der Waals surface area contributed by atoms with Crippen LogP contribution in [-0.2, 0) is 4.74 Å². The van der Waals surface area contributed by atoms with Crippen LogP contribution in [0.2, 0.25) is 5.02 Å². The Morgan fingerprint density at radius 2 is 2.16 bits per heavy atom. The average Bonchev–Trinajstić information content (AvgIpc) is 3.23. The topological polar surface area (TPSA) is 35.0 Å². The molecular formula is C15H15ClN2O. The van der Waals surface area contributed by atoms with Crippen LogP contribution in [0.4, 0.5) is 0 Å². The molecule has 1 aliphatic carbocycles. The predicted octanol–water partition coefficient (Wildman–Crippen LogP) is 4.04. The summed E-state index contributed by atoms with van der Waals surface area (Å²) in [5, 5.41) is 0.726. The SMILES string of the molecule is CC(OC1CC1)c1ccc(-c2ccncn2)cc1Cl. The third-order valence-electron chi connectivity index (χ3n) is 3.24. The number of hydrogen-bond acceptors (Lipinski definition) is 3.